The van der Waals surface area contributed by atoms with Crippen molar-refractivity contribution in [1.29, 1.82) is 0 Å². The van der Waals surface area contributed by atoms with Gasteiger partial charge in [-0.05, 0) is 17.5 Å². The second-order valence-electron chi connectivity index (χ2n) is 5.89. The van der Waals surface area contributed by atoms with Crippen LogP contribution in [0.2, 0.25) is 0 Å². The summed E-state index contributed by atoms with van der Waals surface area (Å²) >= 11 is 1.45. The van der Waals surface area contributed by atoms with Crippen molar-refractivity contribution in [3.05, 3.63) is 59.0 Å². The van der Waals surface area contributed by atoms with Gasteiger partial charge in [-0.25, -0.2) is 12.8 Å². The molecular formula is C17H17FN4O4S2. The molecule has 3 aromatic rings. The minimum absolute atomic E-state index is 0.0471. The molecule has 0 saturated heterocycles. The number of carbonyl (C=O) groups is 1. The summed E-state index contributed by atoms with van der Waals surface area (Å²) in [5.74, 6) is -0.505. The third-order valence-corrected chi connectivity index (χ3v) is 5.80. The predicted octanol–water partition coefficient (Wildman–Crippen LogP) is 2.02. The summed E-state index contributed by atoms with van der Waals surface area (Å²) in [6, 6.07) is 9.50. The summed E-state index contributed by atoms with van der Waals surface area (Å²) in [6.45, 7) is -0.754. The Morgan fingerprint density at radius 1 is 1.29 bits per heavy atom. The van der Waals surface area contributed by atoms with Crippen LogP contribution in [0.4, 0.5) is 4.39 Å². The van der Waals surface area contributed by atoms with Gasteiger partial charge in [0, 0.05) is 12.1 Å². The van der Waals surface area contributed by atoms with E-state index >= 15 is 0 Å². The molecule has 0 radical (unpaired) electrons. The number of amides is 1. The number of hydrogen-bond donors (Lipinski definition) is 1. The van der Waals surface area contributed by atoms with Crippen LogP contribution in [0.15, 0.2) is 46.3 Å². The van der Waals surface area contributed by atoms with Crippen LogP contribution >= 0.6 is 11.3 Å². The lowest BCUT2D eigenvalue weighted by Gasteiger charge is -2.19. The van der Waals surface area contributed by atoms with Gasteiger partial charge in [-0.3, -0.25) is 4.79 Å². The lowest BCUT2D eigenvalue weighted by Crippen LogP contribution is -2.39. The second-order valence-corrected chi connectivity index (χ2v) is 8.82. The van der Waals surface area contributed by atoms with Gasteiger partial charge < -0.3 is 9.84 Å². The number of nitrogens with zero attached hydrogens (tertiary/aromatic N) is 3. The molecule has 2 aromatic heterocycles. The summed E-state index contributed by atoms with van der Waals surface area (Å²) in [5.41, 5.74) is 0.179. The van der Waals surface area contributed by atoms with Crippen LogP contribution in [0.3, 0.4) is 0 Å². The maximum Gasteiger partial charge on any atom is 0.246 e. The quantitative estimate of drug-likeness (QED) is 0.593. The van der Waals surface area contributed by atoms with E-state index in [9.17, 15) is 17.6 Å². The molecule has 0 spiro atoms. The molecule has 11 heteroatoms. The predicted molar refractivity (Wildman–Crippen MR) is 101 cm³/mol. The molecule has 0 aliphatic carbocycles. The van der Waals surface area contributed by atoms with Crippen LogP contribution in [0, 0.1) is 5.82 Å². The van der Waals surface area contributed by atoms with Crippen molar-refractivity contribution in [2.45, 2.75) is 13.1 Å². The van der Waals surface area contributed by atoms with Crippen LogP contribution in [0.5, 0.6) is 0 Å². The van der Waals surface area contributed by atoms with Gasteiger partial charge >= 0.3 is 0 Å². The van der Waals surface area contributed by atoms with E-state index < -0.39 is 28.3 Å². The van der Waals surface area contributed by atoms with E-state index in [0.29, 0.717) is 5.82 Å². The Morgan fingerprint density at radius 3 is 2.75 bits per heavy atom. The normalized spacial score (nSPS) is 11.7. The Kier molecular flexibility index (Phi) is 6.17. The van der Waals surface area contributed by atoms with Crippen molar-refractivity contribution in [2.24, 2.45) is 0 Å². The topological polar surface area (TPSA) is 105 Å². The highest BCUT2D eigenvalue weighted by molar-refractivity contribution is 7.88. The Bertz CT molecular complexity index is 1050. The van der Waals surface area contributed by atoms with Crippen LogP contribution < -0.4 is 5.32 Å². The summed E-state index contributed by atoms with van der Waals surface area (Å²) in [6.07, 6.45) is 0.965. The Morgan fingerprint density at radius 2 is 2.07 bits per heavy atom. The molecule has 3 rings (SSSR count). The van der Waals surface area contributed by atoms with Crippen molar-refractivity contribution in [3.63, 3.8) is 0 Å². The molecule has 0 atom stereocenters. The molecular weight excluding hydrogens is 407 g/mol. The fourth-order valence-corrected chi connectivity index (χ4v) is 3.70. The monoisotopic (exact) mass is 424 g/mol. The van der Waals surface area contributed by atoms with Crippen LogP contribution in [-0.4, -0.2) is 41.6 Å². The highest BCUT2D eigenvalue weighted by atomic mass is 32.2. The first-order chi connectivity index (χ1) is 13.3. The van der Waals surface area contributed by atoms with E-state index in [1.54, 1.807) is 6.07 Å². The number of carbonyl (C=O) groups excluding carboxylic acids is 1. The molecule has 2 heterocycles. The summed E-state index contributed by atoms with van der Waals surface area (Å²) in [5, 5.41) is 8.23. The SMILES string of the molecule is CS(=O)(=O)N(CC(=O)NCc1nc(-c2cccs2)no1)Cc1ccccc1F. The van der Waals surface area contributed by atoms with Gasteiger partial charge in [-0.15, -0.1) is 11.3 Å². The molecule has 8 nitrogen and oxygen atoms in total. The number of halogens is 1. The van der Waals surface area contributed by atoms with E-state index in [-0.39, 0.29) is 24.5 Å². The molecule has 0 fully saturated rings. The van der Waals surface area contributed by atoms with Gasteiger partial charge in [0.15, 0.2) is 0 Å². The molecule has 0 unspecified atom stereocenters. The first-order valence-electron chi connectivity index (χ1n) is 8.14. The van der Waals surface area contributed by atoms with Crippen LogP contribution in [0.1, 0.15) is 11.5 Å². The number of thiophene rings is 1. The van der Waals surface area contributed by atoms with Crippen LogP contribution in [0.25, 0.3) is 10.7 Å². The maximum absolute atomic E-state index is 13.8. The van der Waals surface area contributed by atoms with Crippen molar-refractivity contribution in [2.75, 3.05) is 12.8 Å². The van der Waals surface area contributed by atoms with Gasteiger partial charge in [0.1, 0.15) is 5.82 Å². The zero-order chi connectivity index (χ0) is 20.1. The molecule has 1 amide bonds. The molecule has 148 valence electrons. The molecule has 28 heavy (non-hydrogen) atoms. The fraction of sp³-hybridized carbons (Fsp3) is 0.235. The largest absolute Gasteiger partial charge is 0.346 e. The molecule has 0 aliphatic rings. The number of aromatic nitrogens is 2. The van der Waals surface area contributed by atoms with E-state index in [4.69, 9.17) is 4.52 Å². The van der Waals surface area contributed by atoms with Gasteiger partial charge in [0.2, 0.25) is 27.6 Å². The third-order valence-electron chi connectivity index (χ3n) is 3.74. The number of rotatable bonds is 8. The van der Waals surface area contributed by atoms with Gasteiger partial charge in [0.05, 0.1) is 24.2 Å². The molecule has 0 saturated carbocycles. The Hall–Kier alpha value is -2.63. The van der Waals surface area contributed by atoms with Crippen molar-refractivity contribution in [3.8, 4) is 10.7 Å². The number of hydrogen-bond acceptors (Lipinski definition) is 7. The lowest BCUT2D eigenvalue weighted by atomic mass is 10.2. The Balaban J connectivity index is 1.60. The van der Waals surface area contributed by atoms with E-state index in [2.05, 4.69) is 15.5 Å². The highest BCUT2D eigenvalue weighted by Crippen LogP contribution is 2.21. The first kappa shape index (κ1) is 20.1. The molecule has 1 N–H and O–H groups in total. The van der Waals surface area contributed by atoms with Crippen molar-refractivity contribution >= 4 is 27.3 Å². The first-order valence-corrected chi connectivity index (χ1v) is 10.9. The third kappa shape index (κ3) is 5.21. The van der Waals surface area contributed by atoms with E-state index in [0.717, 1.165) is 15.4 Å². The van der Waals surface area contributed by atoms with E-state index in [1.807, 2.05) is 17.5 Å². The minimum atomic E-state index is -3.73. The van der Waals surface area contributed by atoms with Gasteiger partial charge in [-0.2, -0.15) is 9.29 Å². The summed E-state index contributed by atoms with van der Waals surface area (Å²) < 4.78 is 43.7. The lowest BCUT2D eigenvalue weighted by molar-refractivity contribution is -0.121. The molecule has 1 aromatic carbocycles. The average Bonchev–Trinajstić information content (AvgIpc) is 3.32. The van der Waals surface area contributed by atoms with Crippen LogP contribution in [-0.2, 0) is 27.9 Å². The second kappa shape index (κ2) is 8.59. The summed E-state index contributed by atoms with van der Waals surface area (Å²) in [4.78, 5) is 17.2. The number of nitrogens with one attached hydrogen (secondary N) is 1. The van der Waals surface area contributed by atoms with Gasteiger partial charge in [-0.1, -0.05) is 29.4 Å². The average molecular weight is 424 g/mol. The molecule has 0 bridgehead atoms. The Labute approximate surface area is 165 Å². The molecule has 0 aliphatic heterocycles. The van der Waals surface area contributed by atoms with Gasteiger partial charge in [0.25, 0.3) is 0 Å². The summed E-state index contributed by atoms with van der Waals surface area (Å²) in [7, 11) is -3.73. The standard InChI is InChI=1S/C17H17FN4O4S2/c1-28(24,25)22(10-12-5-2-3-6-13(12)18)11-15(23)19-9-16-20-17(21-26-16)14-7-4-8-27-14/h2-8H,9-11H2,1H3,(H,19,23). The zero-order valence-corrected chi connectivity index (χ0v) is 16.5. The fourth-order valence-electron chi connectivity index (χ4n) is 2.33. The van der Waals surface area contributed by atoms with E-state index in [1.165, 1.54) is 29.5 Å². The smallest absolute Gasteiger partial charge is 0.246 e. The number of sulfonamides is 1. The maximum atomic E-state index is 13.8. The van der Waals surface area contributed by atoms with Crippen molar-refractivity contribution in [1.82, 2.24) is 19.8 Å². The van der Waals surface area contributed by atoms with Crippen molar-refractivity contribution < 1.29 is 22.1 Å². The highest BCUT2D eigenvalue weighted by Gasteiger charge is 2.22. The zero-order valence-electron chi connectivity index (χ0n) is 14.8. The minimum Gasteiger partial charge on any atom is -0.346 e. The number of benzene rings is 1.